The fourth-order valence-corrected chi connectivity index (χ4v) is 2.55. The van der Waals surface area contributed by atoms with Gasteiger partial charge in [0.1, 0.15) is 6.07 Å². The molecule has 2 rings (SSSR count). The van der Waals surface area contributed by atoms with E-state index in [1.54, 1.807) is 0 Å². The average molecular weight is 295 g/mol. The second-order valence-electron chi connectivity index (χ2n) is 4.39. The van der Waals surface area contributed by atoms with Gasteiger partial charge in [-0.1, -0.05) is 6.07 Å². The zero-order valence-electron chi connectivity index (χ0n) is 9.98. The molecule has 90 valence electrons. The molecule has 17 heavy (non-hydrogen) atoms. The summed E-state index contributed by atoms with van der Waals surface area (Å²) in [4.78, 5) is 2.25. The number of nitriles is 1. The van der Waals surface area contributed by atoms with E-state index in [0.717, 1.165) is 16.7 Å². The van der Waals surface area contributed by atoms with Crippen LogP contribution in [0, 0.1) is 11.3 Å². The molecule has 1 fully saturated rings. The summed E-state index contributed by atoms with van der Waals surface area (Å²) in [5.41, 5.74) is 1.69. The number of rotatable bonds is 1. The number of ether oxygens (including phenoxy) is 1. The van der Waals surface area contributed by atoms with Gasteiger partial charge in [-0.25, -0.2) is 0 Å². The first-order valence-corrected chi connectivity index (χ1v) is 6.49. The second kappa shape index (κ2) is 5.07. The van der Waals surface area contributed by atoms with E-state index in [4.69, 9.17) is 4.74 Å². The van der Waals surface area contributed by atoms with Crippen molar-refractivity contribution in [1.82, 2.24) is 0 Å². The Morgan fingerprint density at radius 3 is 2.94 bits per heavy atom. The molecule has 0 bridgehead atoms. The number of anilines is 1. The van der Waals surface area contributed by atoms with Gasteiger partial charge in [0, 0.05) is 17.1 Å². The van der Waals surface area contributed by atoms with Gasteiger partial charge >= 0.3 is 0 Å². The molecule has 0 amide bonds. The van der Waals surface area contributed by atoms with Gasteiger partial charge in [0.25, 0.3) is 0 Å². The third kappa shape index (κ3) is 2.46. The number of hydrogen-bond donors (Lipinski definition) is 0. The Bertz CT molecular complexity index is 455. The van der Waals surface area contributed by atoms with Crippen molar-refractivity contribution in [2.24, 2.45) is 0 Å². The van der Waals surface area contributed by atoms with Crippen LogP contribution >= 0.6 is 15.9 Å². The Balaban J connectivity index is 2.39. The minimum Gasteiger partial charge on any atom is -0.375 e. The largest absolute Gasteiger partial charge is 0.375 e. The molecule has 0 aromatic heterocycles. The SMILES string of the molecule is CC1CN(c2cccc(Br)c2C#N)C(C)CO1. The van der Waals surface area contributed by atoms with E-state index in [0.29, 0.717) is 18.2 Å². The molecule has 4 heteroatoms. The van der Waals surface area contributed by atoms with Gasteiger partial charge in [0.2, 0.25) is 0 Å². The summed E-state index contributed by atoms with van der Waals surface area (Å²) in [6.45, 7) is 5.71. The maximum Gasteiger partial charge on any atom is 0.103 e. The Kier molecular flexibility index (Phi) is 3.70. The predicted molar refractivity (Wildman–Crippen MR) is 71.1 cm³/mol. The van der Waals surface area contributed by atoms with Crippen LogP contribution in [0.25, 0.3) is 0 Å². The van der Waals surface area contributed by atoms with Gasteiger partial charge in [0.15, 0.2) is 0 Å². The van der Waals surface area contributed by atoms with Crippen LogP contribution in [-0.2, 0) is 4.74 Å². The third-order valence-corrected chi connectivity index (χ3v) is 3.68. The second-order valence-corrected chi connectivity index (χ2v) is 5.25. The van der Waals surface area contributed by atoms with Crippen LogP contribution in [0.15, 0.2) is 22.7 Å². The predicted octanol–water partition coefficient (Wildman–Crippen LogP) is 2.93. The van der Waals surface area contributed by atoms with Gasteiger partial charge in [-0.2, -0.15) is 5.26 Å². The summed E-state index contributed by atoms with van der Waals surface area (Å²) < 4.78 is 6.46. The zero-order chi connectivity index (χ0) is 12.4. The number of halogens is 1. The first-order chi connectivity index (χ1) is 8.13. The van der Waals surface area contributed by atoms with Crippen molar-refractivity contribution in [2.45, 2.75) is 26.0 Å². The summed E-state index contributed by atoms with van der Waals surface area (Å²) >= 11 is 3.43. The van der Waals surface area contributed by atoms with Crippen molar-refractivity contribution in [3.8, 4) is 6.07 Å². The molecule has 0 radical (unpaired) electrons. The highest BCUT2D eigenvalue weighted by atomic mass is 79.9. The lowest BCUT2D eigenvalue weighted by atomic mass is 10.1. The maximum absolute atomic E-state index is 9.24. The van der Waals surface area contributed by atoms with Crippen LogP contribution in [0.2, 0.25) is 0 Å². The first kappa shape index (κ1) is 12.4. The van der Waals surface area contributed by atoms with E-state index in [1.165, 1.54) is 0 Å². The lowest BCUT2D eigenvalue weighted by Crippen LogP contribution is -2.47. The molecule has 1 aromatic rings. The highest BCUT2D eigenvalue weighted by Crippen LogP contribution is 2.30. The molecular formula is C13H15BrN2O. The fraction of sp³-hybridized carbons (Fsp3) is 0.462. The maximum atomic E-state index is 9.24. The molecule has 0 saturated carbocycles. The zero-order valence-corrected chi connectivity index (χ0v) is 11.6. The Morgan fingerprint density at radius 1 is 1.47 bits per heavy atom. The summed E-state index contributed by atoms with van der Waals surface area (Å²) in [7, 11) is 0. The number of morpholine rings is 1. The highest BCUT2D eigenvalue weighted by molar-refractivity contribution is 9.10. The van der Waals surface area contributed by atoms with Gasteiger partial charge in [0.05, 0.1) is 24.0 Å². The first-order valence-electron chi connectivity index (χ1n) is 5.70. The third-order valence-electron chi connectivity index (χ3n) is 3.02. The topological polar surface area (TPSA) is 36.3 Å². The van der Waals surface area contributed by atoms with E-state index in [9.17, 15) is 5.26 Å². The van der Waals surface area contributed by atoms with Gasteiger partial charge in [-0.15, -0.1) is 0 Å². The Labute approximate surface area is 110 Å². The van der Waals surface area contributed by atoms with E-state index in [1.807, 2.05) is 18.2 Å². The lowest BCUT2D eigenvalue weighted by Gasteiger charge is -2.39. The van der Waals surface area contributed by atoms with E-state index >= 15 is 0 Å². The van der Waals surface area contributed by atoms with E-state index in [2.05, 4.69) is 40.7 Å². The van der Waals surface area contributed by atoms with E-state index in [-0.39, 0.29) is 6.10 Å². The highest BCUT2D eigenvalue weighted by Gasteiger charge is 2.25. The Morgan fingerprint density at radius 2 is 2.24 bits per heavy atom. The monoisotopic (exact) mass is 294 g/mol. The van der Waals surface area contributed by atoms with Crippen LogP contribution in [0.5, 0.6) is 0 Å². The average Bonchev–Trinajstić information content (AvgIpc) is 2.32. The van der Waals surface area contributed by atoms with Gasteiger partial charge < -0.3 is 9.64 Å². The van der Waals surface area contributed by atoms with Crippen molar-refractivity contribution < 1.29 is 4.74 Å². The van der Waals surface area contributed by atoms with Gasteiger partial charge in [-0.3, -0.25) is 0 Å². The lowest BCUT2D eigenvalue weighted by molar-refractivity contribution is 0.0343. The Hall–Kier alpha value is -1.05. The summed E-state index contributed by atoms with van der Waals surface area (Å²) in [5, 5.41) is 9.24. The molecule has 0 spiro atoms. The van der Waals surface area contributed by atoms with Crippen molar-refractivity contribution in [2.75, 3.05) is 18.1 Å². The molecule has 1 aliphatic heterocycles. The quantitative estimate of drug-likeness (QED) is 0.799. The number of hydrogen-bond acceptors (Lipinski definition) is 3. The van der Waals surface area contributed by atoms with Crippen LogP contribution in [-0.4, -0.2) is 25.3 Å². The van der Waals surface area contributed by atoms with Crippen molar-refractivity contribution in [3.63, 3.8) is 0 Å². The van der Waals surface area contributed by atoms with E-state index < -0.39 is 0 Å². The number of benzene rings is 1. The molecule has 3 nitrogen and oxygen atoms in total. The molecule has 2 atom stereocenters. The summed E-state index contributed by atoms with van der Waals surface area (Å²) in [6, 6.07) is 8.43. The standard InChI is InChI=1S/C13H15BrN2O/c1-9-8-17-10(2)7-16(9)13-5-3-4-12(14)11(13)6-15/h3-5,9-10H,7-8H2,1-2H3. The molecular weight excluding hydrogens is 280 g/mol. The van der Waals surface area contributed by atoms with Crippen LogP contribution in [0.1, 0.15) is 19.4 Å². The minimum absolute atomic E-state index is 0.205. The molecule has 0 aliphatic carbocycles. The molecule has 1 aromatic carbocycles. The number of nitrogens with zero attached hydrogens (tertiary/aromatic N) is 2. The molecule has 1 heterocycles. The molecule has 2 unspecified atom stereocenters. The van der Waals surface area contributed by atoms with Crippen molar-refractivity contribution >= 4 is 21.6 Å². The smallest absolute Gasteiger partial charge is 0.103 e. The van der Waals surface area contributed by atoms with Crippen LogP contribution < -0.4 is 4.90 Å². The fourth-order valence-electron chi connectivity index (χ4n) is 2.10. The minimum atomic E-state index is 0.205. The molecule has 0 N–H and O–H groups in total. The molecule has 1 saturated heterocycles. The van der Waals surface area contributed by atoms with Crippen molar-refractivity contribution in [3.05, 3.63) is 28.2 Å². The van der Waals surface area contributed by atoms with Crippen LogP contribution in [0.4, 0.5) is 5.69 Å². The van der Waals surface area contributed by atoms with Gasteiger partial charge in [-0.05, 0) is 41.9 Å². The van der Waals surface area contributed by atoms with Crippen LogP contribution in [0.3, 0.4) is 0 Å². The normalized spacial score (nSPS) is 24.5. The summed E-state index contributed by atoms with van der Waals surface area (Å²) in [5.74, 6) is 0. The summed E-state index contributed by atoms with van der Waals surface area (Å²) in [6.07, 6.45) is 0.205. The van der Waals surface area contributed by atoms with Crippen molar-refractivity contribution in [1.29, 1.82) is 5.26 Å². The molecule has 1 aliphatic rings.